The van der Waals surface area contributed by atoms with E-state index in [1.54, 1.807) is 13.0 Å². The van der Waals surface area contributed by atoms with Crippen LogP contribution in [-0.2, 0) is 9.59 Å². The third-order valence-corrected chi connectivity index (χ3v) is 2.48. The fourth-order valence-electron chi connectivity index (χ4n) is 1.63. The van der Waals surface area contributed by atoms with Gasteiger partial charge in [-0.2, -0.15) is 0 Å². The van der Waals surface area contributed by atoms with Crippen LogP contribution in [0.25, 0.3) is 5.57 Å². The Morgan fingerprint density at radius 3 is 2.53 bits per heavy atom. The molecule has 0 aliphatic carbocycles. The molecular formula is C11H8N2O4. The zero-order chi connectivity index (χ0) is 12.6. The van der Waals surface area contributed by atoms with Gasteiger partial charge in [0.05, 0.1) is 10.5 Å². The summed E-state index contributed by atoms with van der Waals surface area (Å²) in [5.74, 6) is -1.03. The fraction of sp³-hybridized carbons (Fsp3) is 0.0909. The molecule has 0 saturated heterocycles. The van der Waals surface area contributed by atoms with Crippen LogP contribution in [0.3, 0.4) is 0 Å². The van der Waals surface area contributed by atoms with Crippen LogP contribution in [0, 0.1) is 17.0 Å². The largest absolute Gasteiger partial charge is 0.289 e. The van der Waals surface area contributed by atoms with Gasteiger partial charge in [-0.15, -0.1) is 0 Å². The van der Waals surface area contributed by atoms with Crippen molar-refractivity contribution in [2.75, 3.05) is 0 Å². The molecule has 1 aromatic carbocycles. The van der Waals surface area contributed by atoms with Crippen LogP contribution in [0.5, 0.6) is 0 Å². The summed E-state index contributed by atoms with van der Waals surface area (Å²) in [4.78, 5) is 32.6. The van der Waals surface area contributed by atoms with Gasteiger partial charge in [-0.3, -0.25) is 25.0 Å². The minimum atomic E-state index is -0.543. The average Bonchev–Trinajstić information content (AvgIpc) is 2.58. The third-order valence-electron chi connectivity index (χ3n) is 2.48. The summed E-state index contributed by atoms with van der Waals surface area (Å²) in [5, 5.41) is 12.7. The monoisotopic (exact) mass is 232 g/mol. The highest BCUT2D eigenvalue weighted by molar-refractivity contribution is 6.33. The van der Waals surface area contributed by atoms with E-state index >= 15 is 0 Å². The summed E-state index contributed by atoms with van der Waals surface area (Å²) in [5.41, 5.74) is 1.16. The molecule has 2 amide bonds. The Morgan fingerprint density at radius 2 is 2.00 bits per heavy atom. The number of nitro benzene ring substituents is 1. The molecule has 0 fully saturated rings. The standard InChI is InChI=1S/C11H8N2O4/c1-6-2-3-7(13(16)17)4-8(6)9-5-10(14)12-11(9)15/h2-5H,1H3,(H,12,14,15). The van der Waals surface area contributed by atoms with Crippen LogP contribution in [0.4, 0.5) is 5.69 Å². The Kier molecular flexibility index (Phi) is 2.47. The summed E-state index contributed by atoms with van der Waals surface area (Å²) < 4.78 is 0. The lowest BCUT2D eigenvalue weighted by atomic mass is 10.00. The first-order chi connectivity index (χ1) is 7.99. The van der Waals surface area contributed by atoms with E-state index in [4.69, 9.17) is 0 Å². The Bertz CT molecular complexity index is 575. The Labute approximate surface area is 96.1 Å². The summed E-state index contributed by atoms with van der Waals surface area (Å²) in [6.07, 6.45) is 1.15. The fourth-order valence-corrected chi connectivity index (χ4v) is 1.63. The summed E-state index contributed by atoms with van der Waals surface area (Å²) >= 11 is 0. The molecule has 0 radical (unpaired) electrons. The van der Waals surface area contributed by atoms with Crippen molar-refractivity contribution in [2.24, 2.45) is 0 Å². The molecule has 1 heterocycles. The number of rotatable bonds is 2. The van der Waals surface area contributed by atoms with E-state index in [1.165, 1.54) is 12.1 Å². The topological polar surface area (TPSA) is 89.3 Å². The van der Waals surface area contributed by atoms with Crippen molar-refractivity contribution >= 4 is 23.1 Å². The molecule has 6 heteroatoms. The minimum absolute atomic E-state index is 0.112. The highest BCUT2D eigenvalue weighted by Crippen LogP contribution is 2.25. The van der Waals surface area contributed by atoms with Gasteiger partial charge in [0.2, 0.25) is 0 Å². The van der Waals surface area contributed by atoms with Gasteiger partial charge in [-0.1, -0.05) is 6.07 Å². The summed E-state index contributed by atoms with van der Waals surface area (Å²) in [7, 11) is 0. The molecule has 2 rings (SSSR count). The van der Waals surface area contributed by atoms with E-state index in [-0.39, 0.29) is 11.3 Å². The third kappa shape index (κ3) is 1.92. The second-order valence-corrected chi connectivity index (χ2v) is 3.63. The van der Waals surface area contributed by atoms with Crippen LogP contribution in [0.15, 0.2) is 24.3 Å². The van der Waals surface area contributed by atoms with Crippen LogP contribution in [-0.4, -0.2) is 16.7 Å². The highest BCUT2D eigenvalue weighted by Gasteiger charge is 2.24. The predicted octanol–water partition coefficient (Wildman–Crippen LogP) is 0.943. The Hall–Kier alpha value is -2.50. The molecule has 0 bridgehead atoms. The second-order valence-electron chi connectivity index (χ2n) is 3.63. The number of hydrogen-bond acceptors (Lipinski definition) is 4. The summed E-state index contributed by atoms with van der Waals surface area (Å²) in [6, 6.07) is 4.19. The smallest absolute Gasteiger partial charge is 0.270 e. The van der Waals surface area contributed by atoms with Gasteiger partial charge >= 0.3 is 0 Å². The molecule has 6 nitrogen and oxygen atoms in total. The number of benzene rings is 1. The number of nitrogens with zero attached hydrogens (tertiary/aromatic N) is 1. The van der Waals surface area contributed by atoms with E-state index in [0.29, 0.717) is 11.1 Å². The molecule has 0 atom stereocenters. The number of carbonyl (C=O) groups excluding carboxylic acids is 2. The van der Waals surface area contributed by atoms with Crippen LogP contribution >= 0.6 is 0 Å². The van der Waals surface area contributed by atoms with Crippen molar-refractivity contribution in [1.29, 1.82) is 0 Å². The van der Waals surface area contributed by atoms with Crippen LogP contribution in [0.2, 0.25) is 0 Å². The van der Waals surface area contributed by atoms with Crippen molar-refractivity contribution in [3.63, 3.8) is 0 Å². The molecule has 0 aromatic heterocycles. The first-order valence-corrected chi connectivity index (χ1v) is 4.81. The maximum absolute atomic E-state index is 11.4. The zero-order valence-electron chi connectivity index (χ0n) is 8.89. The molecule has 86 valence electrons. The van der Waals surface area contributed by atoms with Crippen molar-refractivity contribution in [1.82, 2.24) is 5.32 Å². The first kappa shape index (κ1) is 11.0. The number of nitrogens with one attached hydrogen (secondary N) is 1. The van der Waals surface area contributed by atoms with Gasteiger partial charge in [0.1, 0.15) is 0 Å². The normalized spacial score (nSPS) is 14.5. The molecule has 0 unspecified atom stereocenters. The number of hydrogen-bond donors (Lipinski definition) is 1. The number of imide groups is 1. The molecule has 0 saturated carbocycles. The molecule has 1 aliphatic heterocycles. The number of aryl methyl sites for hydroxylation is 1. The first-order valence-electron chi connectivity index (χ1n) is 4.81. The molecule has 1 N–H and O–H groups in total. The number of nitro groups is 1. The molecular weight excluding hydrogens is 224 g/mol. The lowest BCUT2D eigenvalue weighted by molar-refractivity contribution is -0.384. The van der Waals surface area contributed by atoms with Crippen molar-refractivity contribution < 1.29 is 14.5 Å². The maximum Gasteiger partial charge on any atom is 0.270 e. The number of amides is 2. The van der Waals surface area contributed by atoms with Gasteiger partial charge in [0, 0.05) is 18.2 Å². The van der Waals surface area contributed by atoms with Crippen LogP contribution in [0.1, 0.15) is 11.1 Å². The molecule has 1 aromatic rings. The van der Waals surface area contributed by atoms with Crippen LogP contribution < -0.4 is 5.32 Å². The lowest BCUT2D eigenvalue weighted by Crippen LogP contribution is -2.21. The molecule has 1 aliphatic rings. The lowest BCUT2D eigenvalue weighted by Gasteiger charge is -2.04. The van der Waals surface area contributed by atoms with E-state index in [1.807, 2.05) is 0 Å². The van der Waals surface area contributed by atoms with Crippen molar-refractivity contribution in [2.45, 2.75) is 6.92 Å². The number of carbonyl (C=O) groups is 2. The molecule has 0 spiro atoms. The second kappa shape index (κ2) is 3.82. The van der Waals surface area contributed by atoms with E-state index in [2.05, 4.69) is 5.32 Å². The number of non-ortho nitro benzene ring substituents is 1. The quantitative estimate of drug-likeness (QED) is 0.467. The predicted molar refractivity (Wildman–Crippen MR) is 59.0 cm³/mol. The average molecular weight is 232 g/mol. The molecule has 17 heavy (non-hydrogen) atoms. The van der Waals surface area contributed by atoms with E-state index in [0.717, 1.165) is 6.08 Å². The van der Waals surface area contributed by atoms with Gasteiger partial charge in [0.15, 0.2) is 0 Å². The minimum Gasteiger partial charge on any atom is -0.289 e. The van der Waals surface area contributed by atoms with Gasteiger partial charge in [-0.05, 0) is 18.1 Å². The van der Waals surface area contributed by atoms with Gasteiger partial charge in [0.25, 0.3) is 17.5 Å². The van der Waals surface area contributed by atoms with Gasteiger partial charge in [-0.25, -0.2) is 0 Å². The van der Waals surface area contributed by atoms with Crippen molar-refractivity contribution in [3.8, 4) is 0 Å². The SMILES string of the molecule is Cc1ccc([N+](=O)[O-])cc1C1=CC(=O)NC1=O. The summed E-state index contributed by atoms with van der Waals surface area (Å²) in [6.45, 7) is 1.72. The van der Waals surface area contributed by atoms with E-state index in [9.17, 15) is 19.7 Å². The maximum atomic E-state index is 11.4. The zero-order valence-corrected chi connectivity index (χ0v) is 8.89. The van der Waals surface area contributed by atoms with Gasteiger partial charge < -0.3 is 0 Å². The Morgan fingerprint density at radius 1 is 1.29 bits per heavy atom. The van der Waals surface area contributed by atoms with E-state index < -0.39 is 16.7 Å². The van der Waals surface area contributed by atoms with Crippen molar-refractivity contribution in [3.05, 3.63) is 45.5 Å². The Balaban J connectivity index is 2.55. The highest BCUT2D eigenvalue weighted by atomic mass is 16.6.